The summed E-state index contributed by atoms with van der Waals surface area (Å²) in [7, 11) is 1.60. The Labute approximate surface area is 158 Å². The maximum atomic E-state index is 12.6. The minimum Gasteiger partial charge on any atom is -0.495 e. The summed E-state index contributed by atoms with van der Waals surface area (Å²) in [5.74, 6) is 0.628. The lowest BCUT2D eigenvalue weighted by molar-refractivity contribution is -0.122. The van der Waals surface area contributed by atoms with Crippen LogP contribution in [0.3, 0.4) is 0 Å². The number of nitrogens with zero attached hydrogens (tertiary/aromatic N) is 2. The molecular weight excluding hydrogens is 342 g/mol. The van der Waals surface area contributed by atoms with Gasteiger partial charge in [-0.3, -0.25) is 4.79 Å². The molecule has 1 amide bonds. The first kappa shape index (κ1) is 17.5. The second-order valence-corrected chi connectivity index (χ2v) is 6.89. The van der Waals surface area contributed by atoms with Gasteiger partial charge in [0.15, 0.2) is 0 Å². The van der Waals surface area contributed by atoms with Crippen molar-refractivity contribution in [3.05, 3.63) is 48.3 Å². The number of hydrogen-bond acceptors (Lipinski definition) is 4. The molecule has 140 valence electrons. The molecule has 0 spiro atoms. The third-order valence-electron chi connectivity index (χ3n) is 4.96. The minimum absolute atomic E-state index is 0.0133. The molecule has 1 saturated heterocycles. The van der Waals surface area contributed by atoms with Gasteiger partial charge in [0.2, 0.25) is 5.91 Å². The number of methoxy groups -OCH3 is 1. The van der Waals surface area contributed by atoms with Crippen molar-refractivity contribution >= 4 is 17.2 Å². The van der Waals surface area contributed by atoms with Gasteiger partial charge in [0.05, 0.1) is 18.5 Å². The van der Waals surface area contributed by atoms with Gasteiger partial charge in [-0.15, -0.1) is 0 Å². The molecule has 1 aliphatic heterocycles. The number of carbonyl (C=O) groups excluding carboxylic acids is 1. The summed E-state index contributed by atoms with van der Waals surface area (Å²) in [4.78, 5) is 17.3. The topological polar surface area (TPSA) is 64.9 Å². The standard InChI is InChI=1S/C21H23N3O3/c1-14-5-8-24-13-18(22-20(24)11-14)16-3-4-19(26-2)17(12-16)23-21(25)15-6-9-27-10-7-15/h3-5,8,11-13,15H,6-7,9-10H2,1-2H3,(H,23,25). The predicted octanol–water partition coefficient (Wildman–Crippen LogP) is 3.68. The van der Waals surface area contributed by atoms with Crippen LogP contribution in [0.2, 0.25) is 0 Å². The van der Waals surface area contributed by atoms with E-state index in [0.717, 1.165) is 29.7 Å². The highest BCUT2D eigenvalue weighted by atomic mass is 16.5. The molecule has 1 aromatic carbocycles. The van der Waals surface area contributed by atoms with Gasteiger partial charge in [-0.05, 0) is 55.7 Å². The highest BCUT2D eigenvalue weighted by Crippen LogP contribution is 2.31. The minimum atomic E-state index is -0.0229. The number of ether oxygens (including phenoxy) is 2. The van der Waals surface area contributed by atoms with Crippen LogP contribution in [0.25, 0.3) is 16.9 Å². The maximum absolute atomic E-state index is 12.6. The van der Waals surface area contributed by atoms with Crippen LogP contribution in [0.5, 0.6) is 5.75 Å². The number of aromatic nitrogens is 2. The largest absolute Gasteiger partial charge is 0.495 e. The molecule has 0 saturated carbocycles. The lowest BCUT2D eigenvalue weighted by Crippen LogP contribution is -2.28. The van der Waals surface area contributed by atoms with Crippen molar-refractivity contribution in [2.24, 2.45) is 5.92 Å². The van der Waals surface area contributed by atoms with Crippen LogP contribution in [-0.2, 0) is 9.53 Å². The Morgan fingerprint density at radius 3 is 2.85 bits per heavy atom. The molecule has 6 heteroatoms. The molecule has 27 heavy (non-hydrogen) atoms. The van der Waals surface area contributed by atoms with Crippen LogP contribution < -0.4 is 10.1 Å². The molecule has 3 heterocycles. The maximum Gasteiger partial charge on any atom is 0.227 e. The van der Waals surface area contributed by atoms with Gasteiger partial charge in [-0.2, -0.15) is 0 Å². The Morgan fingerprint density at radius 1 is 1.26 bits per heavy atom. The molecule has 0 aliphatic carbocycles. The molecule has 3 aromatic rings. The van der Waals surface area contributed by atoms with E-state index in [1.165, 1.54) is 5.56 Å². The number of benzene rings is 1. The molecule has 1 N–H and O–H groups in total. The fraction of sp³-hybridized carbons (Fsp3) is 0.333. The average molecular weight is 365 g/mol. The number of pyridine rings is 1. The Balaban J connectivity index is 1.64. The Morgan fingerprint density at radius 2 is 2.07 bits per heavy atom. The Bertz CT molecular complexity index is 974. The van der Waals surface area contributed by atoms with Crippen molar-refractivity contribution in [1.29, 1.82) is 0 Å². The number of carbonyl (C=O) groups is 1. The number of hydrogen-bond donors (Lipinski definition) is 1. The molecule has 2 aromatic heterocycles. The first-order valence-corrected chi connectivity index (χ1v) is 9.16. The molecule has 0 bridgehead atoms. The van der Waals surface area contributed by atoms with Crippen molar-refractivity contribution < 1.29 is 14.3 Å². The van der Waals surface area contributed by atoms with Crippen LogP contribution in [0, 0.1) is 12.8 Å². The molecule has 0 atom stereocenters. The van der Waals surface area contributed by atoms with Crippen molar-refractivity contribution in [3.63, 3.8) is 0 Å². The van der Waals surface area contributed by atoms with Gasteiger partial charge in [0.25, 0.3) is 0 Å². The summed E-state index contributed by atoms with van der Waals surface area (Å²) in [6.07, 6.45) is 5.48. The smallest absolute Gasteiger partial charge is 0.227 e. The van der Waals surface area contributed by atoms with E-state index in [1.807, 2.05) is 54.0 Å². The van der Waals surface area contributed by atoms with Crippen LogP contribution >= 0.6 is 0 Å². The summed E-state index contributed by atoms with van der Waals surface area (Å²) < 4.78 is 12.8. The van der Waals surface area contributed by atoms with E-state index in [2.05, 4.69) is 5.32 Å². The van der Waals surface area contributed by atoms with Gasteiger partial charge >= 0.3 is 0 Å². The van der Waals surface area contributed by atoms with Crippen LogP contribution in [0.15, 0.2) is 42.7 Å². The number of rotatable bonds is 4. The van der Waals surface area contributed by atoms with Crippen molar-refractivity contribution in [3.8, 4) is 17.0 Å². The quantitative estimate of drug-likeness (QED) is 0.766. The monoisotopic (exact) mass is 365 g/mol. The van der Waals surface area contributed by atoms with E-state index in [4.69, 9.17) is 14.5 Å². The molecule has 1 fully saturated rings. The lowest BCUT2D eigenvalue weighted by atomic mass is 9.99. The number of imidazole rings is 1. The third kappa shape index (κ3) is 3.66. The first-order valence-electron chi connectivity index (χ1n) is 9.16. The van der Waals surface area contributed by atoms with Gasteiger partial charge in [0.1, 0.15) is 11.4 Å². The summed E-state index contributed by atoms with van der Waals surface area (Å²) in [5.41, 5.74) is 4.51. The summed E-state index contributed by atoms with van der Waals surface area (Å²) >= 11 is 0. The highest BCUT2D eigenvalue weighted by Gasteiger charge is 2.22. The second kappa shape index (κ2) is 7.40. The highest BCUT2D eigenvalue weighted by molar-refractivity contribution is 5.94. The van der Waals surface area contributed by atoms with Crippen molar-refractivity contribution in [2.45, 2.75) is 19.8 Å². The van der Waals surface area contributed by atoms with E-state index in [0.29, 0.717) is 24.7 Å². The summed E-state index contributed by atoms with van der Waals surface area (Å²) in [6.45, 7) is 3.32. The first-order chi connectivity index (χ1) is 13.1. The van der Waals surface area contributed by atoms with E-state index in [-0.39, 0.29) is 11.8 Å². The van der Waals surface area contributed by atoms with Gasteiger partial charge in [-0.25, -0.2) is 4.98 Å². The summed E-state index contributed by atoms with van der Waals surface area (Å²) in [6, 6.07) is 9.83. The molecule has 6 nitrogen and oxygen atoms in total. The van der Waals surface area contributed by atoms with Crippen molar-refractivity contribution in [1.82, 2.24) is 9.38 Å². The fourth-order valence-electron chi connectivity index (χ4n) is 3.38. The third-order valence-corrected chi connectivity index (χ3v) is 4.96. The van der Waals surface area contributed by atoms with E-state index in [1.54, 1.807) is 7.11 Å². The summed E-state index contributed by atoms with van der Waals surface area (Å²) in [5, 5.41) is 3.03. The second-order valence-electron chi connectivity index (χ2n) is 6.89. The zero-order valence-electron chi connectivity index (χ0n) is 15.6. The molecule has 1 aliphatic rings. The van der Waals surface area contributed by atoms with Crippen LogP contribution in [-0.4, -0.2) is 35.6 Å². The molecular formula is C21H23N3O3. The van der Waals surface area contributed by atoms with Gasteiger partial charge < -0.3 is 19.2 Å². The molecule has 4 rings (SSSR count). The predicted molar refractivity (Wildman–Crippen MR) is 104 cm³/mol. The number of aryl methyl sites for hydroxylation is 1. The van der Waals surface area contributed by atoms with Gasteiger partial charge in [-0.1, -0.05) is 0 Å². The average Bonchev–Trinajstić information content (AvgIpc) is 3.11. The van der Waals surface area contributed by atoms with Crippen molar-refractivity contribution in [2.75, 3.05) is 25.6 Å². The zero-order valence-corrected chi connectivity index (χ0v) is 15.6. The molecule has 0 radical (unpaired) electrons. The zero-order chi connectivity index (χ0) is 18.8. The molecule has 0 unspecified atom stereocenters. The Kier molecular flexibility index (Phi) is 4.81. The van der Waals surface area contributed by atoms with Gasteiger partial charge in [0, 0.05) is 37.1 Å². The van der Waals surface area contributed by atoms with Crippen LogP contribution in [0.4, 0.5) is 5.69 Å². The van der Waals surface area contributed by atoms with E-state index < -0.39 is 0 Å². The van der Waals surface area contributed by atoms with E-state index in [9.17, 15) is 4.79 Å². The fourth-order valence-corrected chi connectivity index (χ4v) is 3.38. The lowest BCUT2D eigenvalue weighted by Gasteiger charge is -2.22. The Hall–Kier alpha value is -2.86. The number of amides is 1. The number of anilines is 1. The SMILES string of the molecule is COc1ccc(-c2cn3ccc(C)cc3n2)cc1NC(=O)C1CCOCC1. The van der Waals surface area contributed by atoms with E-state index >= 15 is 0 Å². The number of fused-ring (bicyclic) bond motifs is 1. The van der Waals surface area contributed by atoms with Crippen LogP contribution in [0.1, 0.15) is 18.4 Å². The number of nitrogens with one attached hydrogen (secondary N) is 1. The normalized spacial score (nSPS) is 15.0.